The van der Waals surface area contributed by atoms with Gasteiger partial charge in [-0.15, -0.1) is 0 Å². The van der Waals surface area contributed by atoms with Gasteiger partial charge in [0, 0.05) is 12.1 Å². The molecule has 0 aliphatic rings. The number of nitrogens with one attached hydrogen (secondary N) is 1. The van der Waals surface area contributed by atoms with E-state index in [-0.39, 0.29) is 12.1 Å². The largest absolute Gasteiger partial charge is 0.351 e. The summed E-state index contributed by atoms with van der Waals surface area (Å²) in [5.74, 6) is -0.418. The molecule has 0 saturated heterocycles. The van der Waals surface area contributed by atoms with Gasteiger partial charge in [0.15, 0.2) is 0 Å². The van der Waals surface area contributed by atoms with Crippen molar-refractivity contribution in [2.24, 2.45) is 11.5 Å². The molecule has 0 heterocycles. The van der Waals surface area contributed by atoms with Crippen LogP contribution in [0.15, 0.2) is 0 Å². The second kappa shape index (κ2) is 5.67. The van der Waals surface area contributed by atoms with Gasteiger partial charge in [-0.05, 0) is 20.4 Å². The molecule has 0 radical (unpaired) electrons. The average Bonchev–Trinajstić information content (AvgIpc) is 2.15. The first-order valence-electron chi connectivity index (χ1n) is 4.86. The zero-order valence-corrected chi connectivity index (χ0v) is 9.54. The third-order valence-corrected chi connectivity index (χ3v) is 2.77. The van der Waals surface area contributed by atoms with E-state index in [0.29, 0.717) is 6.54 Å². The molecule has 3 amide bonds. The van der Waals surface area contributed by atoms with Crippen LogP contribution in [0, 0.1) is 0 Å². The molecule has 0 saturated carbocycles. The van der Waals surface area contributed by atoms with Gasteiger partial charge >= 0.3 is 6.03 Å². The smallest absolute Gasteiger partial charge is 0.318 e. The number of nitrogens with two attached hydrogens (primary N) is 2. The maximum Gasteiger partial charge on any atom is 0.318 e. The monoisotopic (exact) mass is 216 g/mol. The molecule has 5 N–H and O–H groups in total. The van der Waals surface area contributed by atoms with E-state index in [4.69, 9.17) is 11.5 Å². The highest BCUT2D eigenvalue weighted by Crippen LogP contribution is 2.15. The molecule has 0 spiro atoms. The van der Waals surface area contributed by atoms with Crippen LogP contribution >= 0.6 is 0 Å². The minimum atomic E-state index is -0.834. The Morgan fingerprint density at radius 2 is 2.00 bits per heavy atom. The lowest BCUT2D eigenvalue weighted by Crippen LogP contribution is -2.53. The summed E-state index contributed by atoms with van der Waals surface area (Å²) < 4.78 is 0. The van der Waals surface area contributed by atoms with Crippen LogP contribution in [0.3, 0.4) is 0 Å². The van der Waals surface area contributed by atoms with Gasteiger partial charge in [0.1, 0.15) is 0 Å². The third kappa shape index (κ3) is 4.26. The maximum atomic E-state index is 11.2. The van der Waals surface area contributed by atoms with E-state index in [1.165, 1.54) is 0 Å². The van der Waals surface area contributed by atoms with Crippen molar-refractivity contribution in [3.63, 3.8) is 0 Å². The first-order valence-corrected chi connectivity index (χ1v) is 4.86. The Hall–Kier alpha value is -1.14. The van der Waals surface area contributed by atoms with Crippen LogP contribution in [-0.4, -0.2) is 42.5 Å². The lowest BCUT2D eigenvalue weighted by Gasteiger charge is -2.36. The molecule has 1 unspecified atom stereocenters. The van der Waals surface area contributed by atoms with Crippen LogP contribution in [0.25, 0.3) is 0 Å². The molecule has 6 heteroatoms. The average molecular weight is 216 g/mol. The highest BCUT2D eigenvalue weighted by Gasteiger charge is 2.27. The summed E-state index contributed by atoms with van der Waals surface area (Å²) in [5, 5.41) is 2.01. The Balaban J connectivity index is 4.28. The van der Waals surface area contributed by atoms with Crippen LogP contribution in [0.2, 0.25) is 0 Å². The predicted octanol–water partition coefficient (Wildman–Crippen LogP) is -0.759. The number of imide groups is 1. The van der Waals surface area contributed by atoms with Crippen molar-refractivity contribution >= 4 is 11.9 Å². The molecule has 1 atom stereocenters. The number of carbonyl (C=O) groups excluding carboxylic acids is 2. The molecule has 0 aromatic carbocycles. The van der Waals surface area contributed by atoms with Crippen molar-refractivity contribution in [1.29, 1.82) is 0 Å². The third-order valence-electron chi connectivity index (χ3n) is 2.77. The molecule has 0 fully saturated rings. The van der Waals surface area contributed by atoms with Crippen LogP contribution in [0.4, 0.5) is 4.79 Å². The van der Waals surface area contributed by atoms with E-state index < -0.39 is 11.9 Å². The van der Waals surface area contributed by atoms with Gasteiger partial charge < -0.3 is 11.5 Å². The molecule has 0 aromatic heterocycles. The second-order valence-electron chi connectivity index (χ2n) is 3.82. The summed E-state index contributed by atoms with van der Waals surface area (Å²) in [6.07, 6.45) is 0.823. The molecule has 0 aliphatic heterocycles. The van der Waals surface area contributed by atoms with Crippen molar-refractivity contribution in [1.82, 2.24) is 10.2 Å². The molecular weight excluding hydrogens is 196 g/mol. The number of hydrogen-bond donors (Lipinski definition) is 3. The molecule has 6 nitrogen and oxygen atoms in total. The second-order valence-corrected chi connectivity index (χ2v) is 3.82. The number of hydrogen-bond acceptors (Lipinski definition) is 4. The minimum Gasteiger partial charge on any atom is -0.351 e. The van der Waals surface area contributed by atoms with E-state index in [0.717, 1.165) is 6.42 Å². The Bertz CT molecular complexity index is 238. The van der Waals surface area contributed by atoms with Gasteiger partial charge in [-0.1, -0.05) is 6.92 Å². The Morgan fingerprint density at radius 1 is 1.47 bits per heavy atom. The maximum absolute atomic E-state index is 11.2. The Morgan fingerprint density at radius 3 is 2.33 bits per heavy atom. The lowest BCUT2D eigenvalue weighted by atomic mass is 9.97. The van der Waals surface area contributed by atoms with Crippen LogP contribution < -0.4 is 16.8 Å². The normalized spacial score (nSPS) is 14.7. The summed E-state index contributed by atoms with van der Waals surface area (Å²) in [6.45, 7) is 4.51. The Labute approximate surface area is 90.0 Å². The standard InChI is InChI=1S/C9H20N4O2/c1-4-9(2,6-10)13(3)5-7(14)12-8(11)15/h4-6,10H2,1-3H3,(H3,11,12,14,15). The molecule has 88 valence electrons. The zero-order chi connectivity index (χ0) is 12.1. The summed E-state index contributed by atoms with van der Waals surface area (Å²) in [7, 11) is 1.79. The number of urea groups is 1. The number of amides is 3. The highest BCUT2D eigenvalue weighted by molar-refractivity contribution is 5.94. The van der Waals surface area contributed by atoms with E-state index in [1.54, 1.807) is 7.05 Å². The van der Waals surface area contributed by atoms with Crippen molar-refractivity contribution in [2.75, 3.05) is 20.1 Å². The van der Waals surface area contributed by atoms with E-state index in [9.17, 15) is 9.59 Å². The molecule has 15 heavy (non-hydrogen) atoms. The zero-order valence-electron chi connectivity index (χ0n) is 9.54. The van der Waals surface area contributed by atoms with Gasteiger partial charge in [0.25, 0.3) is 0 Å². The molecule has 0 aliphatic carbocycles. The fourth-order valence-corrected chi connectivity index (χ4v) is 1.15. The fourth-order valence-electron chi connectivity index (χ4n) is 1.15. The minimum absolute atomic E-state index is 0.102. The summed E-state index contributed by atoms with van der Waals surface area (Å²) in [4.78, 5) is 23.5. The number of likely N-dealkylation sites (N-methyl/N-ethyl adjacent to an activating group) is 1. The van der Waals surface area contributed by atoms with Crippen LogP contribution in [-0.2, 0) is 4.79 Å². The molecule has 0 bridgehead atoms. The quantitative estimate of drug-likeness (QED) is 0.562. The molecule has 0 aromatic rings. The summed E-state index contributed by atoms with van der Waals surface area (Å²) in [6, 6.07) is -0.834. The van der Waals surface area contributed by atoms with Crippen molar-refractivity contribution in [3.8, 4) is 0 Å². The van der Waals surface area contributed by atoms with E-state index in [2.05, 4.69) is 0 Å². The summed E-state index contributed by atoms with van der Waals surface area (Å²) in [5.41, 5.74) is 10.2. The van der Waals surface area contributed by atoms with Gasteiger partial charge in [-0.3, -0.25) is 15.0 Å². The number of carbonyl (C=O) groups is 2. The highest BCUT2D eigenvalue weighted by atomic mass is 16.2. The lowest BCUT2D eigenvalue weighted by molar-refractivity contribution is -0.122. The van der Waals surface area contributed by atoms with Gasteiger partial charge in [0.05, 0.1) is 6.54 Å². The fraction of sp³-hybridized carbons (Fsp3) is 0.778. The Kier molecular flexibility index (Phi) is 5.24. The van der Waals surface area contributed by atoms with Gasteiger partial charge in [-0.25, -0.2) is 4.79 Å². The predicted molar refractivity (Wildman–Crippen MR) is 58.1 cm³/mol. The molecular formula is C9H20N4O2. The molecule has 0 rings (SSSR count). The van der Waals surface area contributed by atoms with Crippen LogP contribution in [0.5, 0.6) is 0 Å². The first kappa shape index (κ1) is 13.9. The first-order chi connectivity index (χ1) is 6.85. The number of rotatable bonds is 5. The number of primary amides is 1. The van der Waals surface area contributed by atoms with Gasteiger partial charge in [0.2, 0.25) is 5.91 Å². The van der Waals surface area contributed by atoms with Crippen molar-refractivity contribution in [2.45, 2.75) is 25.8 Å². The SMILES string of the molecule is CCC(C)(CN)N(C)CC(=O)NC(N)=O. The van der Waals surface area contributed by atoms with Crippen molar-refractivity contribution in [3.05, 3.63) is 0 Å². The van der Waals surface area contributed by atoms with E-state index >= 15 is 0 Å². The van der Waals surface area contributed by atoms with E-state index in [1.807, 2.05) is 24.1 Å². The van der Waals surface area contributed by atoms with Crippen molar-refractivity contribution < 1.29 is 9.59 Å². The summed E-state index contributed by atoms with van der Waals surface area (Å²) >= 11 is 0. The van der Waals surface area contributed by atoms with Gasteiger partial charge in [-0.2, -0.15) is 0 Å². The topological polar surface area (TPSA) is 101 Å². The number of nitrogens with zero attached hydrogens (tertiary/aromatic N) is 1. The van der Waals surface area contributed by atoms with Crippen LogP contribution in [0.1, 0.15) is 20.3 Å².